The second-order valence-electron chi connectivity index (χ2n) is 5.52. The summed E-state index contributed by atoms with van der Waals surface area (Å²) in [7, 11) is 1.98. The molecule has 0 aromatic heterocycles. The van der Waals surface area contributed by atoms with Gasteiger partial charge in [0.15, 0.2) is 0 Å². The molecule has 0 spiro atoms. The third-order valence-electron chi connectivity index (χ3n) is 3.65. The summed E-state index contributed by atoms with van der Waals surface area (Å²) in [6.45, 7) is 6.61. The van der Waals surface area contributed by atoms with Crippen LogP contribution >= 0.6 is 27.7 Å². The largest absolute Gasteiger partial charge is 0.313 e. The highest BCUT2D eigenvalue weighted by Crippen LogP contribution is 2.33. The molecule has 1 atom stereocenters. The third kappa shape index (κ3) is 4.35. The zero-order valence-electron chi connectivity index (χ0n) is 13.0. The molecule has 0 amide bonds. The summed E-state index contributed by atoms with van der Waals surface area (Å²) in [5, 5.41) is 3.27. The minimum absolute atomic E-state index is 0.351. The van der Waals surface area contributed by atoms with E-state index in [-0.39, 0.29) is 0 Å². The van der Waals surface area contributed by atoms with Crippen LogP contribution in [0.5, 0.6) is 0 Å². The number of halogens is 1. The Morgan fingerprint density at radius 3 is 2.10 bits per heavy atom. The van der Waals surface area contributed by atoms with Crippen LogP contribution in [0.1, 0.15) is 43.9 Å². The van der Waals surface area contributed by atoms with E-state index in [9.17, 15) is 0 Å². The van der Waals surface area contributed by atoms with E-state index < -0.39 is 0 Å². The molecule has 0 aliphatic carbocycles. The van der Waals surface area contributed by atoms with E-state index in [0.717, 1.165) is 4.47 Å². The quantitative estimate of drug-likeness (QED) is 0.698. The lowest BCUT2D eigenvalue weighted by Gasteiger charge is -2.14. The number of nitrogens with one attached hydrogen (secondary N) is 1. The van der Waals surface area contributed by atoms with E-state index in [0.29, 0.717) is 12.0 Å². The van der Waals surface area contributed by atoms with Crippen molar-refractivity contribution in [2.24, 2.45) is 0 Å². The average Bonchev–Trinajstić information content (AvgIpc) is 2.47. The molecule has 112 valence electrons. The summed E-state index contributed by atoms with van der Waals surface area (Å²) in [4.78, 5) is 2.53. The first-order chi connectivity index (χ1) is 10.0. The van der Waals surface area contributed by atoms with Crippen molar-refractivity contribution in [1.82, 2.24) is 5.32 Å². The molecule has 0 bridgehead atoms. The summed E-state index contributed by atoms with van der Waals surface area (Å²) < 4.78 is 1.16. The monoisotopic (exact) mass is 363 g/mol. The van der Waals surface area contributed by atoms with Crippen LogP contribution < -0.4 is 5.32 Å². The Hall–Kier alpha value is -0.770. The number of benzene rings is 2. The summed E-state index contributed by atoms with van der Waals surface area (Å²) in [5.41, 5.74) is 2.68. The van der Waals surface area contributed by atoms with Gasteiger partial charge in [-0.05, 0) is 55.3 Å². The van der Waals surface area contributed by atoms with Crippen molar-refractivity contribution < 1.29 is 0 Å². The van der Waals surface area contributed by atoms with E-state index in [2.05, 4.69) is 84.5 Å². The summed E-state index contributed by atoms with van der Waals surface area (Å²) in [6.07, 6.45) is 0. The normalized spacial score (nSPS) is 12.7. The molecule has 2 aromatic rings. The fraction of sp³-hybridized carbons (Fsp3) is 0.333. The Kier molecular flexibility index (Phi) is 5.91. The van der Waals surface area contributed by atoms with Gasteiger partial charge in [0, 0.05) is 20.3 Å². The van der Waals surface area contributed by atoms with Gasteiger partial charge in [0.25, 0.3) is 0 Å². The van der Waals surface area contributed by atoms with E-state index in [1.807, 2.05) is 7.05 Å². The van der Waals surface area contributed by atoms with Gasteiger partial charge in [0.2, 0.25) is 0 Å². The summed E-state index contributed by atoms with van der Waals surface area (Å²) in [5.74, 6) is 0.584. The smallest absolute Gasteiger partial charge is 0.0300 e. The highest BCUT2D eigenvalue weighted by Gasteiger charge is 2.08. The van der Waals surface area contributed by atoms with Crippen molar-refractivity contribution in [2.45, 2.75) is 42.5 Å². The molecule has 2 rings (SSSR count). The van der Waals surface area contributed by atoms with Gasteiger partial charge in [-0.15, -0.1) is 0 Å². The predicted molar refractivity (Wildman–Crippen MR) is 96.3 cm³/mol. The van der Waals surface area contributed by atoms with Crippen molar-refractivity contribution in [1.29, 1.82) is 0 Å². The lowest BCUT2D eigenvalue weighted by Crippen LogP contribution is -2.12. The molecule has 0 saturated heterocycles. The van der Waals surface area contributed by atoms with Crippen LogP contribution in [0.15, 0.2) is 56.7 Å². The van der Waals surface area contributed by atoms with E-state index >= 15 is 0 Å². The van der Waals surface area contributed by atoms with Crippen LogP contribution in [-0.4, -0.2) is 7.05 Å². The van der Waals surface area contributed by atoms with Crippen LogP contribution in [0.4, 0.5) is 0 Å². The first kappa shape index (κ1) is 16.6. The fourth-order valence-corrected chi connectivity index (χ4v) is 3.87. The van der Waals surface area contributed by atoms with Crippen molar-refractivity contribution >= 4 is 27.7 Å². The van der Waals surface area contributed by atoms with Gasteiger partial charge in [-0.3, -0.25) is 0 Å². The van der Waals surface area contributed by atoms with Crippen molar-refractivity contribution in [2.75, 3.05) is 7.05 Å². The SMILES string of the molecule is CNC(C)c1ccc(Sc2ccc(C(C)C)cc2)cc1Br. The zero-order valence-corrected chi connectivity index (χ0v) is 15.4. The molecule has 1 unspecified atom stereocenters. The van der Waals surface area contributed by atoms with Gasteiger partial charge in [-0.25, -0.2) is 0 Å². The van der Waals surface area contributed by atoms with Crippen molar-refractivity contribution in [3.8, 4) is 0 Å². The minimum Gasteiger partial charge on any atom is -0.313 e. The molecule has 1 N–H and O–H groups in total. The molecule has 0 fully saturated rings. The standard InChI is InChI=1S/C18H22BrNS/c1-12(2)14-5-7-15(8-6-14)21-16-9-10-17(13(3)20-4)18(19)11-16/h5-13,20H,1-4H3. The molecule has 0 saturated carbocycles. The minimum atomic E-state index is 0.351. The topological polar surface area (TPSA) is 12.0 Å². The maximum absolute atomic E-state index is 3.68. The molecule has 1 nitrogen and oxygen atoms in total. The van der Waals surface area contributed by atoms with Gasteiger partial charge in [-0.1, -0.05) is 59.7 Å². The Bertz CT molecular complexity index is 593. The van der Waals surface area contributed by atoms with Crippen molar-refractivity contribution in [3.63, 3.8) is 0 Å². The van der Waals surface area contributed by atoms with Crippen LogP contribution in [0, 0.1) is 0 Å². The Morgan fingerprint density at radius 1 is 0.952 bits per heavy atom. The molecule has 3 heteroatoms. The highest BCUT2D eigenvalue weighted by atomic mass is 79.9. The summed E-state index contributed by atoms with van der Waals surface area (Å²) >= 11 is 5.48. The maximum atomic E-state index is 3.68. The van der Waals surface area contributed by atoms with E-state index in [1.54, 1.807) is 11.8 Å². The van der Waals surface area contributed by atoms with Crippen LogP contribution in [0.2, 0.25) is 0 Å². The maximum Gasteiger partial charge on any atom is 0.0300 e. The molecule has 0 radical (unpaired) electrons. The second-order valence-corrected chi connectivity index (χ2v) is 7.52. The van der Waals surface area contributed by atoms with Gasteiger partial charge in [0.1, 0.15) is 0 Å². The predicted octanol–water partition coefficient (Wildman–Crippen LogP) is 6.00. The third-order valence-corrected chi connectivity index (χ3v) is 5.34. The average molecular weight is 364 g/mol. The zero-order chi connectivity index (χ0) is 15.4. The van der Waals surface area contributed by atoms with Crippen LogP contribution in [0.25, 0.3) is 0 Å². The number of rotatable bonds is 5. The Morgan fingerprint density at radius 2 is 1.57 bits per heavy atom. The molecule has 0 heterocycles. The van der Waals surface area contributed by atoms with Crippen LogP contribution in [-0.2, 0) is 0 Å². The molecule has 21 heavy (non-hydrogen) atoms. The van der Waals surface area contributed by atoms with Gasteiger partial charge in [-0.2, -0.15) is 0 Å². The lowest BCUT2D eigenvalue weighted by atomic mass is 10.0. The van der Waals surface area contributed by atoms with E-state index in [1.165, 1.54) is 20.9 Å². The first-order valence-corrected chi connectivity index (χ1v) is 8.86. The van der Waals surface area contributed by atoms with Gasteiger partial charge < -0.3 is 5.32 Å². The first-order valence-electron chi connectivity index (χ1n) is 7.25. The molecule has 0 aliphatic rings. The fourth-order valence-electron chi connectivity index (χ4n) is 2.13. The Balaban J connectivity index is 2.14. The molecule has 0 aliphatic heterocycles. The van der Waals surface area contributed by atoms with Crippen molar-refractivity contribution in [3.05, 3.63) is 58.1 Å². The van der Waals surface area contributed by atoms with Gasteiger partial charge >= 0.3 is 0 Å². The van der Waals surface area contributed by atoms with Gasteiger partial charge in [0.05, 0.1) is 0 Å². The molecular weight excluding hydrogens is 342 g/mol. The highest BCUT2D eigenvalue weighted by molar-refractivity contribution is 9.10. The van der Waals surface area contributed by atoms with E-state index in [4.69, 9.17) is 0 Å². The Labute approximate surface area is 140 Å². The lowest BCUT2D eigenvalue weighted by molar-refractivity contribution is 0.649. The number of hydrogen-bond donors (Lipinski definition) is 1. The number of hydrogen-bond acceptors (Lipinski definition) is 2. The molecular formula is C18H22BrNS. The van der Waals surface area contributed by atoms with Crippen LogP contribution in [0.3, 0.4) is 0 Å². The molecule has 2 aromatic carbocycles. The summed E-state index contributed by atoms with van der Waals surface area (Å²) in [6, 6.07) is 15.8. The second kappa shape index (κ2) is 7.48.